The van der Waals surface area contributed by atoms with E-state index in [-0.39, 0.29) is 42.9 Å². The van der Waals surface area contributed by atoms with Crippen LogP contribution in [0.2, 0.25) is 0 Å². The van der Waals surface area contributed by atoms with Gasteiger partial charge < -0.3 is 15.1 Å². The summed E-state index contributed by atoms with van der Waals surface area (Å²) in [6.07, 6.45) is 6.58. The molecule has 2 aromatic carbocycles. The Labute approximate surface area is 240 Å². The van der Waals surface area contributed by atoms with Gasteiger partial charge >= 0.3 is 6.03 Å². The first-order valence-electron chi connectivity index (χ1n) is 13.9. The number of carbonyl (C=O) groups is 3. The summed E-state index contributed by atoms with van der Waals surface area (Å²) in [5, 5.41) is 6.20. The molecule has 2 saturated heterocycles. The number of halogens is 1. The van der Waals surface area contributed by atoms with Crippen LogP contribution < -0.4 is 5.32 Å². The van der Waals surface area contributed by atoms with Crippen molar-refractivity contribution in [2.45, 2.75) is 49.8 Å². The minimum Gasteiger partial charge on any atom is -0.333 e. The monoisotopic (exact) mass is 561 g/mol. The number of urea groups is 1. The number of benzene rings is 2. The number of piperazine rings is 1. The topological polar surface area (TPSA) is 76.2 Å². The number of allylic oxidation sites excluding steroid dienone is 1. The minimum absolute atomic E-state index is 0.00447. The maximum atomic E-state index is 13.9. The highest BCUT2D eigenvalue weighted by Gasteiger charge is 2.52. The average Bonchev–Trinajstić information content (AvgIpc) is 3.30. The molecule has 9 heteroatoms. The van der Waals surface area contributed by atoms with Gasteiger partial charge in [0, 0.05) is 19.5 Å². The first kappa shape index (κ1) is 27.9. The van der Waals surface area contributed by atoms with E-state index < -0.39 is 12.2 Å². The number of amides is 4. The molecule has 2 heterocycles. The molecular weight excluding hydrogens is 526 g/mol. The standard InChI is InChI=1S/C31H36ClN5O3/c1-2-17-35(31(40)33-19-24-13-7-4-8-14-24)36-22-29(38)37-27(18-23-11-5-3-6-12-23)30(39)34(21-28(36)37)20-25-15-9-10-16-26(25)32/h2-8,11-15,26-28H,1,9-10,16-22H2,(H,33,40)/t26?,27-,28+/m0/s1. The highest BCUT2D eigenvalue weighted by Crippen LogP contribution is 2.31. The molecule has 0 bridgehead atoms. The van der Waals surface area contributed by atoms with E-state index in [9.17, 15) is 14.4 Å². The van der Waals surface area contributed by atoms with Crippen LogP contribution in [0.5, 0.6) is 0 Å². The lowest BCUT2D eigenvalue weighted by Crippen LogP contribution is -2.66. The van der Waals surface area contributed by atoms with Gasteiger partial charge in [0.05, 0.1) is 25.0 Å². The summed E-state index contributed by atoms with van der Waals surface area (Å²) in [6, 6.07) is 18.4. The fourth-order valence-corrected chi connectivity index (χ4v) is 6.11. The first-order valence-corrected chi connectivity index (χ1v) is 14.3. The van der Waals surface area contributed by atoms with E-state index in [1.54, 1.807) is 16.0 Å². The van der Waals surface area contributed by atoms with E-state index in [4.69, 9.17) is 11.6 Å². The third-order valence-corrected chi connectivity index (χ3v) is 8.31. The highest BCUT2D eigenvalue weighted by atomic mass is 35.5. The van der Waals surface area contributed by atoms with Crippen molar-refractivity contribution >= 4 is 29.4 Å². The summed E-state index contributed by atoms with van der Waals surface area (Å²) in [4.78, 5) is 44.4. The molecule has 1 N–H and O–H groups in total. The van der Waals surface area contributed by atoms with Crippen molar-refractivity contribution in [3.05, 3.63) is 96.1 Å². The van der Waals surface area contributed by atoms with Crippen LogP contribution in [0.4, 0.5) is 4.79 Å². The third-order valence-electron chi connectivity index (χ3n) is 7.82. The van der Waals surface area contributed by atoms with Gasteiger partial charge in [0.25, 0.3) is 0 Å². The maximum absolute atomic E-state index is 13.9. The highest BCUT2D eigenvalue weighted by molar-refractivity contribution is 6.22. The lowest BCUT2D eigenvalue weighted by atomic mass is 9.96. The van der Waals surface area contributed by atoms with E-state index in [0.717, 1.165) is 36.0 Å². The van der Waals surface area contributed by atoms with Crippen LogP contribution in [0, 0.1) is 0 Å². The molecule has 210 valence electrons. The second kappa shape index (κ2) is 12.7. The number of nitrogens with one attached hydrogen (secondary N) is 1. The van der Waals surface area contributed by atoms with Crippen molar-refractivity contribution in [2.75, 3.05) is 26.2 Å². The van der Waals surface area contributed by atoms with E-state index in [2.05, 4.69) is 18.0 Å². The Morgan fingerprint density at radius 2 is 1.77 bits per heavy atom. The van der Waals surface area contributed by atoms with Crippen LogP contribution >= 0.6 is 11.6 Å². The minimum atomic E-state index is -0.672. The normalized spacial score (nSPS) is 23.0. The van der Waals surface area contributed by atoms with Gasteiger partial charge in [-0.3, -0.25) is 14.6 Å². The molecule has 1 unspecified atom stereocenters. The zero-order valence-corrected chi connectivity index (χ0v) is 23.4. The first-order chi connectivity index (χ1) is 19.5. The number of hydrogen-bond acceptors (Lipinski definition) is 4. The molecule has 40 heavy (non-hydrogen) atoms. The Morgan fingerprint density at radius 1 is 1.07 bits per heavy atom. The van der Waals surface area contributed by atoms with Gasteiger partial charge in [0.1, 0.15) is 12.2 Å². The van der Waals surface area contributed by atoms with Gasteiger partial charge in [-0.15, -0.1) is 18.2 Å². The summed E-state index contributed by atoms with van der Waals surface area (Å²) >= 11 is 6.64. The Hall–Kier alpha value is -3.62. The molecule has 4 amide bonds. The summed E-state index contributed by atoms with van der Waals surface area (Å²) in [7, 11) is 0. The summed E-state index contributed by atoms with van der Waals surface area (Å²) in [5.74, 6) is -0.259. The van der Waals surface area contributed by atoms with Crippen LogP contribution in [0.15, 0.2) is 85.0 Å². The van der Waals surface area contributed by atoms with Gasteiger partial charge in [-0.2, -0.15) is 5.01 Å². The molecule has 0 saturated carbocycles. The summed E-state index contributed by atoms with van der Waals surface area (Å²) < 4.78 is 0. The third kappa shape index (κ3) is 6.08. The largest absolute Gasteiger partial charge is 0.333 e. The fraction of sp³-hybridized carbons (Fsp3) is 0.387. The molecule has 3 atom stereocenters. The van der Waals surface area contributed by atoms with Crippen LogP contribution in [-0.4, -0.2) is 81.4 Å². The molecule has 5 rings (SSSR count). The number of nitrogens with zero attached hydrogens (tertiary/aromatic N) is 4. The molecule has 8 nitrogen and oxygen atoms in total. The molecule has 2 aromatic rings. The fourth-order valence-electron chi connectivity index (χ4n) is 5.80. The number of alkyl halides is 1. The smallest absolute Gasteiger partial charge is 0.332 e. The van der Waals surface area contributed by atoms with Gasteiger partial charge in [0.2, 0.25) is 11.8 Å². The number of hydrogen-bond donors (Lipinski definition) is 1. The van der Waals surface area contributed by atoms with Gasteiger partial charge in [-0.25, -0.2) is 4.79 Å². The van der Waals surface area contributed by atoms with Crippen molar-refractivity contribution < 1.29 is 14.4 Å². The van der Waals surface area contributed by atoms with Gasteiger partial charge in [-0.05, 0) is 36.0 Å². The van der Waals surface area contributed by atoms with Crippen LogP contribution in [0.1, 0.15) is 30.4 Å². The van der Waals surface area contributed by atoms with Crippen molar-refractivity contribution in [3.63, 3.8) is 0 Å². The number of rotatable bonds is 9. The zero-order chi connectivity index (χ0) is 28.1. The Bertz CT molecular complexity index is 1250. The number of hydrazine groups is 1. The van der Waals surface area contributed by atoms with Crippen molar-refractivity contribution in [2.24, 2.45) is 0 Å². The van der Waals surface area contributed by atoms with E-state index in [1.807, 2.05) is 65.6 Å². The molecule has 0 spiro atoms. The second-order valence-corrected chi connectivity index (χ2v) is 11.0. The van der Waals surface area contributed by atoms with E-state index in [1.165, 1.54) is 5.01 Å². The Kier molecular flexibility index (Phi) is 8.87. The summed E-state index contributed by atoms with van der Waals surface area (Å²) in [6.45, 7) is 5.14. The maximum Gasteiger partial charge on any atom is 0.332 e. The molecule has 2 aliphatic heterocycles. The number of fused-ring (bicyclic) bond motifs is 1. The van der Waals surface area contributed by atoms with E-state index >= 15 is 0 Å². The van der Waals surface area contributed by atoms with Crippen LogP contribution in [0.3, 0.4) is 0 Å². The lowest BCUT2D eigenvalue weighted by molar-refractivity contribution is -0.156. The van der Waals surface area contributed by atoms with Crippen molar-refractivity contribution in [1.29, 1.82) is 0 Å². The van der Waals surface area contributed by atoms with Crippen molar-refractivity contribution in [3.8, 4) is 0 Å². The molecular formula is C31H36ClN5O3. The zero-order valence-electron chi connectivity index (χ0n) is 22.6. The van der Waals surface area contributed by atoms with Crippen LogP contribution in [0.25, 0.3) is 0 Å². The summed E-state index contributed by atoms with van der Waals surface area (Å²) in [5.41, 5.74) is 3.00. The Balaban J connectivity index is 1.42. The molecule has 1 aliphatic carbocycles. The molecule has 3 aliphatic rings. The average molecular weight is 562 g/mol. The van der Waals surface area contributed by atoms with Gasteiger partial charge in [-0.1, -0.05) is 72.8 Å². The van der Waals surface area contributed by atoms with Crippen molar-refractivity contribution in [1.82, 2.24) is 25.1 Å². The molecule has 0 radical (unpaired) electrons. The SMILES string of the molecule is C=CCN(C(=O)NCc1ccccc1)N1CC(=O)N2[C@@H](Cc3ccccc3)C(=O)N(CC3=CCCCC3Cl)C[C@@H]21. The van der Waals surface area contributed by atoms with E-state index in [0.29, 0.717) is 19.5 Å². The number of carbonyl (C=O) groups excluding carboxylic acids is 3. The molecule has 2 fully saturated rings. The van der Waals surface area contributed by atoms with Crippen LogP contribution in [-0.2, 0) is 22.6 Å². The van der Waals surface area contributed by atoms with Gasteiger partial charge in [0.15, 0.2) is 0 Å². The second-order valence-electron chi connectivity index (χ2n) is 10.5. The molecule has 0 aromatic heterocycles. The predicted molar refractivity (Wildman–Crippen MR) is 155 cm³/mol. The quantitative estimate of drug-likeness (QED) is 0.372. The Morgan fingerprint density at radius 3 is 2.45 bits per heavy atom. The predicted octanol–water partition coefficient (Wildman–Crippen LogP) is 3.94. The lowest BCUT2D eigenvalue weighted by Gasteiger charge is -2.46.